The third kappa shape index (κ3) is 3.15. The number of nitrogens with one attached hydrogen (secondary N) is 1. The molecule has 0 aliphatic rings. The van der Waals surface area contributed by atoms with Crippen LogP contribution in [0, 0.1) is 0 Å². The van der Waals surface area contributed by atoms with Gasteiger partial charge in [0.2, 0.25) is 0 Å². The molecule has 0 saturated carbocycles. The van der Waals surface area contributed by atoms with E-state index >= 15 is 0 Å². The topological polar surface area (TPSA) is 94.3 Å². The van der Waals surface area contributed by atoms with Crippen molar-refractivity contribution in [2.75, 3.05) is 17.1 Å². The summed E-state index contributed by atoms with van der Waals surface area (Å²) < 4.78 is 32.2. The number of thiazole rings is 1. The van der Waals surface area contributed by atoms with E-state index in [0.29, 0.717) is 17.4 Å². The van der Waals surface area contributed by atoms with Gasteiger partial charge in [-0.2, -0.15) is 0 Å². The van der Waals surface area contributed by atoms with Gasteiger partial charge in [0.05, 0.1) is 6.61 Å². The quantitative estimate of drug-likeness (QED) is 0.823. The highest BCUT2D eigenvalue weighted by molar-refractivity contribution is 7.93. The second kappa shape index (κ2) is 5.45. The molecule has 3 N–H and O–H groups in total. The number of nitrogen functional groups attached to an aromatic ring is 1. The van der Waals surface area contributed by atoms with E-state index in [-0.39, 0.29) is 10.6 Å². The molecular weight excluding hydrogens is 286 g/mol. The number of ether oxygens (including phenoxy) is 1. The Morgan fingerprint density at radius 2 is 2.26 bits per heavy atom. The van der Waals surface area contributed by atoms with Crippen molar-refractivity contribution in [3.63, 3.8) is 0 Å². The average Bonchev–Trinajstić information content (AvgIpc) is 2.83. The molecule has 0 fully saturated rings. The van der Waals surface area contributed by atoms with Crippen molar-refractivity contribution in [3.05, 3.63) is 29.8 Å². The maximum atomic E-state index is 12.3. The van der Waals surface area contributed by atoms with Crippen LogP contribution < -0.4 is 15.2 Å². The fourth-order valence-electron chi connectivity index (χ4n) is 1.45. The predicted molar refractivity (Wildman–Crippen MR) is 74.9 cm³/mol. The molecule has 6 nitrogen and oxygen atoms in total. The number of benzene rings is 1. The molecule has 0 amide bonds. The van der Waals surface area contributed by atoms with E-state index in [1.807, 2.05) is 0 Å². The Hall–Kier alpha value is -1.80. The molecule has 0 spiro atoms. The Labute approximate surface area is 115 Å². The number of hydrogen-bond acceptors (Lipinski definition) is 6. The summed E-state index contributed by atoms with van der Waals surface area (Å²) in [4.78, 5) is 3.89. The van der Waals surface area contributed by atoms with E-state index in [1.54, 1.807) is 18.4 Å². The van der Waals surface area contributed by atoms with Gasteiger partial charge in [0.15, 0.2) is 5.13 Å². The maximum Gasteiger partial charge on any atom is 0.267 e. The molecule has 2 aromatic rings. The standard InChI is InChI=1S/C11H13N3O3S2/c1-2-17-9-4-3-8(12)7-10(9)19(15,16)14-11-13-5-6-18-11/h3-7H,2,12H2,1H3,(H,13,14). The van der Waals surface area contributed by atoms with Gasteiger partial charge in [-0.3, -0.25) is 4.72 Å². The first-order valence-electron chi connectivity index (χ1n) is 5.47. The van der Waals surface area contributed by atoms with Crippen LogP contribution in [0.25, 0.3) is 0 Å². The van der Waals surface area contributed by atoms with Gasteiger partial charge in [-0.25, -0.2) is 13.4 Å². The Morgan fingerprint density at radius 1 is 1.47 bits per heavy atom. The second-order valence-corrected chi connectivity index (χ2v) is 6.13. The molecule has 8 heteroatoms. The zero-order chi connectivity index (χ0) is 13.9. The summed E-state index contributed by atoms with van der Waals surface area (Å²) in [7, 11) is -3.77. The van der Waals surface area contributed by atoms with E-state index in [9.17, 15) is 8.42 Å². The van der Waals surface area contributed by atoms with E-state index in [0.717, 1.165) is 0 Å². The summed E-state index contributed by atoms with van der Waals surface area (Å²) in [6.07, 6.45) is 1.52. The Morgan fingerprint density at radius 3 is 2.89 bits per heavy atom. The first-order valence-corrected chi connectivity index (χ1v) is 7.84. The molecule has 0 unspecified atom stereocenters. The SMILES string of the molecule is CCOc1ccc(N)cc1S(=O)(=O)Nc1nccs1. The highest BCUT2D eigenvalue weighted by atomic mass is 32.2. The number of nitrogens with zero attached hydrogens (tertiary/aromatic N) is 1. The van der Waals surface area contributed by atoms with Crippen LogP contribution in [0.5, 0.6) is 5.75 Å². The predicted octanol–water partition coefficient (Wildman–Crippen LogP) is 1.92. The van der Waals surface area contributed by atoms with E-state index < -0.39 is 10.0 Å². The lowest BCUT2D eigenvalue weighted by atomic mass is 10.3. The van der Waals surface area contributed by atoms with Crippen molar-refractivity contribution >= 4 is 32.2 Å². The van der Waals surface area contributed by atoms with Gasteiger partial charge < -0.3 is 10.5 Å². The molecule has 2 rings (SSSR count). The molecule has 19 heavy (non-hydrogen) atoms. The van der Waals surface area contributed by atoms with E-state index in [2.05, 4.69) is 9.71 Å². The monoisotopic (exact) mass is 299 g/mol. The number of sulfonamides is 1. The van der Waals surface area contributed by atoms with Gasteiger partial charge in [0.1, 0.15) is 10.6 Å². The molecule has 1 aromatic carbocycles. The Bertz CT molecular complexity index is 654. The normalized spacial score (nSPS) is 11.2. The van der Waals surface area contributed by atoms with E-state index in [4.69, 9.17) is 10.5 Å². The zero-order valence-electron chi connectivity index (χ0n) is 10.2. The first-order chi connectivity index (χ1) is 9.03. The van der Waals surface area contributed by atoms with Crippen molar-refractivity contribution in [1.82, 2.24) is 4.98 Å². The van der Waals surface area contributed by atoms with Crippen molar-refractivity contribution in [3.8, 4) is 5.75 Å². The molecule has 0 saturated heterocycles. The minimum Gasteiger partial charge on any atom is -0.492 e. The van der Waals surface area contributed by atoms with Crippen LogP contribution in [0.2, 0.25) is 0 Å². The highest BCUT2D eigenvalue weighted by Crippen LogP contribution is 2.28. The number of hydrogen-bond donors (Lipinski definition) is 2. The minimum atomic E-state index is -3.77. The Balaban J connectivity index is 2.41. The molecule has 1 aromatic heterocycles. The van der Waals surface area contributed by atoms with Crippen LogP contribution in [0.15, 0.2) is 34.7 Å². The lowest BCUT2D eigenvalue weighted by Crippen LogP contribution is -2.14. The van der Waals surface area contributed by atoms with Crippen molar-refractivity contribution in [1.29, 1.82) is 0 Å². The summed E-state index contributed by atoms with van der Waals surface area (Å²) in [5.74, 6) is 0.265. The van der Waals surface area contributed by atoms with Crippen LogP contribution in [-0.4, -0.2) is 20.0 Å². The van der Waals surface area contributed by atoms with Crippen molar-refractivity contribution < 1.29 is 13.2 Å². The number of rotatable bonds is 5. The lowest BCUT2D eigenvalue weighted by Gasteiger charge is -2.11. The van der Waals surface area contributed by atoms with Gasteiger partial charge in [-0.05, 0) is 25.1 Å². The fraction of sp³-hybridized carbons (Fsp3) is 0.182. The molecule has 102 valence electrons. The third-order valence-corrected chi connectivity index (χ3v) is 4.39. The molecule has 0 radical (unpaired) electrons. The van der Waals surface area contributed by atoms with Gasteiger partial charge in [-0.15, -0.1) is 11.3 Å². The van der Waals surface area contributed by atoms with Gasteiger partial charge in [-0.1, -0.05) is 0 Å². The van der Waals surface area contributed by atoms with Crippen LogP contribution in [0.1, 0.15) is 6.92 Å². The smallest absolute Gasteiger partial charge is 0.267 e. The second-order valence-electron chi connectivity index (χ2n) is 3.58. The molecule has 0 aliphatic heterocycles. The van der Waals surface area contributed by atoms with Crippen LogP contribution in [-0.2, 0) is 10.0 Å². The molecule has 0 bridgehead atoms. The number of anilines is 2. The zero-order valence-corrected chi connectivity index (χ0v) is 11.8. The lowest BCUT2D eigenvalue weighted by molar-refractivity contribution is 0.331. The maximum absolute atomic E-state index is 12.3. The number of nitrogens with two attached hydrogens (primary N) is 1. The summed E-state index contributed by atoms with van der Waals surface area (Å²) >= 11 is 1.19. The summed E-state index contributed by atoms with van der Waals surface area (Å²) in [6.45, 7) is 2.14. The summed E-state index contributed by atoms with van der Waals surface area (Å²) in [5.41, 5.74) is 5.98. The van der Waals surface area contributed by atoms with Gasteiger partial charge >= 0.3 is 0 Å². The summed E-state index contributed by atoms with van der Waals surface area (Å²) in [6, 6.07) is 4.49. The Kier molecular flexibility index (Phi) is 3.91. The van der Waals surface area contributed by atoms with Crippen LogP contribution in [0.4, 0.5) is 10.8 Å². The average molecular weight is 299 g/mol. The van der Waals surface area contributed by atoms with Crippen LogP contribution >= 0.6 is 11.3 Å². The number of aromatic nitrogens is 1. The molecule has 1 heterocycles. The fourth-order valence-corrected chi connectivity index (χ4v) is 3.42. The third-order valence-electron chi connectivity index (χ3n) is 2.21. The molecular formula is C11H13N3O3S2. The summed E-state index contributed by atoms with van der Waals surface area (Å²) in [5, 5.41) is 1.98. The molecule has 0 aliphatic carbocycles. The first kappa shape index (κ1) is 13.6. The van der Waals surface area contributed by atoms with E-state index in [1.165, 1.54) is 29.7 Å². The van der Waals surface area contributed by atoms with Gasteiger partial charge in [0.25, 0.3) is 10.0 Å². The van der Waals surface area contributed by atoms with Gasteiger partial charge in [0, 0.05) is 17.3 Å². The van der Waals surface area contributed by atoms with Crippen LogP contribution in [0.3, 0.4) is 0 Å². The van der Waals surface area contributed by atoms with Crippen molar-refractivity contribution in [2.24, 2.45) is 0 Å². The molecule has 0 atom stereocenters. The highest BCUT2D eigenvalue weighted by Gasteiger charge is 2.21. The van der Waals surface area contributed by atoms with Crippen molar-refractivity contribution in [2.45, 2.75) is 11.8 Å². The largest absolute Gasteiger partial charge is 0.492 e. The minimum absolute atomic E-state index is 0.00421.